The standard InChI is InChI=1S/2C7H16N2.2BrH/c2*1-2-5-9-6-3-8-4-7-9;;/h2*8H,2-7H2,1H3;2*1H. The number of halogens is 2. The highest BCUT2D eigenvalue weighted by atomic mass is 79.9. The van der Waals surface area contributed by atoms with Gasteiger partial charge in [-0.1, -0.05) is 13.8 Å². The molecule has 0 aromatic heterocycles. The Morgan fingerprint density at radius 2 is 0.950 bits per heavy atom. The van der Waals surface area contributed by atoms with Crippen LogP contribution in [0, 0.1) is 0 Å². The third-order valence-corrected chi connectivity index (χ3v) is 3.50. The maximum Gasteiger partial charge on any atom is 0.0107 e. The van der Waals surface area contributed by atoms with Crippen molar-refractivity contribution in [3.8, 4) is 0 Å². The fraction of sp³-hybridized carbons (Fsp3) is 1.00. The molecule has 2 fully saturated rings. The van der Waals surface area contributed by atoms with Gasteiger partial charge in [-0.15, -0.1) is 34.0 Å². The molecule has 0 spiro atoms. The zero-order chi connectivity index (χ0) is 13.1. The summed E-state index contributed by atoms with van der Waals surface area (Å²) < 4.78 is 0. The molecule has 0 atom stereocenters. The van der Waals surface area contributed by atoms with Crippen molar-refractivity contribution in [3.05, 3.63) is 0 Å². The molecule has 2 aliphatic rings. The normalized spacial score (nSPS) is 20.1. The summed E-state index contributed by atoms with van der Waals surface area (Å²) in [5.41, 5.74) is 0. The molecule has 4 nitrogen and oxygen atoms in total. The molecular weight excluding hydrogens is 384 g/mol. The summed E-state index contributed by atoms with van der Waals surface area (Å²) in [5.74, 6) is 0. The van der Waals surface area contributed by atoms with Crippen LogP contribution < -0.4 is 10.6 Å². The first-order chi connectivity index (χ1) is 8.86. The van der Waals surface area contributed by atoms with E-state index in [-0.39, 0.29) is 34.0 Å². The number of hydrogen-bond donors (Lipinski definition) is 2. The van der Waals surface area contributed by atoms with E-state index >= 15 is 0 Å². The minimum atomic E-state index is 0. The highest BCUT2D eigenvalue weighted by Crippen LogP contribution is 1.93. The molecule has 0 aliphatic carbocycles. The second-order valence-corrected chi connectivity index (χ2v) is 5.18. The number of piperazine rings is 2. The fourth-order valence-electron chi connectivity index (χ4n) is 2.50. The zero-order valence-electron chi connectivity index (χ0n) is 13.2. The second kappa shape index (κ2) is 16.2. The van der Waals surface area contributed by atoms with Gasteiger partial charge in [-0.25, -0.2) is 0 Å². The maximum absolute atomic E-state index is 3.33. The summed E-state index contributed by atoms with van der Waals surface area (Å²) in [6.45, 7) is 16.7. The molecule has 0 aromatic rings. The predicted octanol–water partition coefficient (Wildman–Crippen LogP) is 1.76. The molecule has 6 heteroatoms. The van der Waals surface area contributed by atoms with Gasteiger partial charge in [0.2, 0.25) is 0 Å². The zero-order valence-corrected chi connectivity index (χ0v) is 16.6. The van der Waals surface area contributed by atoms with Gasteiger partial charge in [0, 0.05) is 52.4 Å². The Bertz CT molecular complexity index is 159. The first kappa shape index (κ1) is 23.1. The molecule has 2 rings (SSSR count). The van der Waals surface area contributed by atoms with Crippen LogP contribution in [0.5, 0.6) is 0 Å². The summed E-state index contributed by atoms with van der Waals surface area (Å²) >= 11 is 0. The average Bonchev–Trinajstić information content (AvgIpc) is 2.43. The van der Waals surface area contributed by atoms with Gasteiger partial charge < -0.3 is 20.4 Å². The van der Waals surface area contributed by atoms with Crippen molar-refractivity contribution in [1.82, 2.24) is 20.4 Å². The molecule has 0 amide bonds. The lowest BCUT2D eigenvalue weighted by atomic mass is 10.3. The Labute approximate surface area is 146 Å². The first-order valence-electron chi connectivity index (χ1n) is 7.73. The molecule has 124 valence electrons. The third kappa shape index (κ3) is 11.5. The minimum Gasteiger partial charge on any atom is -0.314 e. The molecular formula is C14H34Br2N4. The van der Waals surface area contributed by atoms with E-state index in [1.807, 2.05) is 0 Å². The first-order valence-corrected chi connectivity index (χ1v) is 7.73. The van der Waals surface area contributed by atoms with Crippen LogP contribution in [0.3, 0.4) is 0 Å². The molecule has 0 unspecified atom stereocenters. The third-order valence-electron chi connectivity index (χ3n) is 3.50. The molecule has 0 radical (unpaired) electrons. The Morgan fingerprint density at radius 3 is 1.20 bits per heavy atom. The number of hydrogen-bond acceptors (Lipinski definition) is 4. The van der Waals surface area contributed by atoms with Crippen LogP contribution in [0.4, 0.5) is 0 Å². The van der Waals surface area contributed by atoms with E-state index in [0.29, 0.717) is 0 Å². The van der Waals surface area contributed by atoms with Crippen molar-refractivity contribution in [1.29, 1.82) is 0 Å². The highest BCUT2D eigenvalue weighted by Gasteiger charge is 2.06. The summed E-state index contributed by atoms with van der Waals surface area (Å²) in [6, 6.07) is 0. The van der Waals surface area contributed by atoms with Gasteiger partial charge in [0.05, 0.1) is 0 Å². The van der Waals surface area contributed by atoms with Gasteiger partial charge in [0.25, 0.3) is 0 Å². The van der Waals surface area contributed by atoms with E-state index in [9.17, 15) is 0 Å². The van der Waals surface area contributed by atoms with E-state index < -0.39 is 0 Å². The predicted molar refractivity (Wildman–Crippen MR) is 99.8 cm³/mol. The van der Waals surface area contributed by atoms with Crippen LogP contribution in [-0.4, -0.2) is 75.2 Å². The van der Waals surface area contributed by atoms with Crippen molar-refractivity contribution < 1.29 is 0 Å². The van der Waals surface area contributed by atoms with Crippen molar-refractivity contribution in [3.63, 3.8) is 0 Å². The Kier molecular flexibility index (Phi) is 18.7. The van der Waals surface area contributed by atoms with Gasteiger partial charge in [-0.2, -0.15) is 0 Å². The van der Waals surface area contributed by atoms with Gasteiger partial charge in [0.1, 0.15) is 0 Å². The summed E-state index contributed by atoms with van der Waals surface area (Å²) in [7, 11) is 0. The number of rotatable bonds is 4. The lowest BCUT2D eigenvalue weighted by molar-refractivity contribution is 0.241. The molecule has 2 heterocycles. The van der Waals surface area contributed by atoms with Crippen molar-refractivity contribution in [2.45, 2.75) is 26.7 Å². The van der Waals surface area contributed by atoms with Crippen LogP contribution >= 0.6 is 34.0 Å². The van der Waals surface area contributed by atoms with E-state index in [1.54, 1.807) is 0 Å². The van der Waals surface area contributed by atoms with Crippen LogP contribution in [0.15, 0.2) is 0 Å². The van der Waals surface area contributed by atoms with E-state index in [0.717, 1.165) is 0 Å². The van der Waals surface area contributed by atoms with Crippen LogP contribution in [-0.2, 0) is 0 Å². The van der Waals surface area contributed by atoms with Gasteiger partial charge >= 0.3 is 0 Å². The van der Waals surface area contributed by atoms with Crippen molar-refractivity contribution in [2.75, 3.05) is 65.4 Å². The van der Waals surface area contributed by atoms with E-state index in [4.69, 9.17) is 0 Å². The summed E-state index contributed by atoms with van der Waals surface area (Å²) in [4.78, 5) is 5.02. The van der Waals surface area contributed by atoms with Gasteiger partial charge in [-0.3, -0.25) is 0 Å². The van der Waals surface area contributed by atoms with E-state index in [1.165, 1.54) is 78.3 Å². The van der Waals surface area contributed by atoms with E-state index in [2.05, 4.69) is 34.3 Å². The summed E-state index contributed by atoms with van der Waals surface area (Å²) in [5, 5.41) is 6.66. The minimum absolute atomic E-state index is 0. The lowest BCUT2D eigenvalue weighted by Crippen LogP contribution is -2.43. The van der Waals surface area contributed by atoms with Crippen molar-refractivity contribution in [2.24, 2.45) is 0 Å². The molecule has 20 heavy (non-hydrogen) atoms. The van der Waals surface area contributed by atoms with Gasteiger partial charge in [-0.05, 0) is 25.9 Å². The Hall–Kier alpha value is 0.800. The molecule has 2 saturated heterocycles. The lowest BCUT2D eigenvalue weighted by Gasteiger charge is -2.26. The van der Waals surface area contributed by atoms with Gasteiger partial charge in [0.15, 0.2) is 0 Å². The number of nitrogens with zero attached hydrogens (tertiary/aromatic N) is 2. The topological polar surface area (TPSA) is 30.5 Å². The SMILES string of the molecule is Br.Br.CCCN1CCNCC1.CCCN1CCNCC1. The Morgan fingerprint density at radius 1 is 0.650 bits per heavy atom. The summed E-state index contributed by atoms with van der Waals surface area (Å²) in [6.07, 6.45) is 2.58. The average molecular weight is 418 g/mol. The molecule has 0 aromatic carbocycles. The number of nitrogens with one attached hydrogen (secondary N) is 2. The maximum atomic E-state index is 3.33. The largest absolute Gasteiger partial charge is 0.314 e. The quantitative estimate of drug-likeness (QED) is 0.729. The molecule has 2 N–H and O–H groups in total. The highest BCUT2D eigenvalue weighted by molar-refractivity contribution is 8.93. The fourth-order valence-corrected chi connectivity index (χ4v) is 2.50. The molecule has 0 saturated carbocycles. The smallest absolute Gasteiger partial charge is 0.0107 e. The van der Waals surface area contributed by atoms with Crippen LogP contribution in [0.25, 0.3) is 0 Å². The molecule has 2 aliphatic heterocycles. The van der Waals surface area contributed by atoms with Crippen molar-refractivity contribution >= 4 is 34.0 Å². The monoisotopic (exact) mass is 416 g/mol. The second-order valence-electron chi connectivity index (χ2n) is 5.18. The molecule has 0 bridgehead atoms. The Balaban J connectivity index is 0. The van der Waals surface area contributed by atoms with Crippen LogP contribution in [0.2, 0.25) is 0 Å². The van der Waals surface area contributed by atoms with Crippen LogP contribution in [0.1, 0.15) is 26.7 Å².